The third-order valence-corrected chi connectivity index (χ3v) is 2.62. The van der Waals surface area contributed by atoms with Crippen molar-refractivity contribution in [2.75, 3.05) is 26.1 Å². The molecule has 21 heavy (non-hydrogen) atoms. The Labute approximate surface area is 121 Å². The van der Waals surface area contributed by atoms with Gasteiger partial charge in [-0.25, -0.2) is 9.59 Å². The molecule has 0 aromatic heterocycles. The summed E-state index contributed by atoms with van der Waals surface area (Å²) in [4.78, 5) is 34.8. The third kappa shape index (κ3) is 4.88. The van der Waals surface area contributed by atoms with Crippen molar-refractivity contribution in [1.82, 2.24) is 0 Å². The van der Waals surface area contributed by atoms with Crippen molar-refractivity contribution in [3.8, 4) is 0 Å². The van der Waals surface area contributed by atoms with Crippen LogP contribution in [0.25, 0.3) is 0 Å². The largest absolute Gasteiger partial charge is 0.465 e. The number of aliphatic hydroxyl groups excluding tert-OH is 1. The molecule has 2 N–H and O–H groups in total. The number of aliphatic hydroxyl groups is 1. The summed E-state index contributed by atoms with van der Waals surface area (Å²) < 4.78 is 9.19. The van der Waals surface area contributed by atoms with E-state index >= 15 is 0 Å². The molecule has 0 saturated carbocycles. The quantitative estimate of drug-likeness (QED) is 0.758. The van der Waals surface area contributed by atoms with Crippen LogP contribution in [-0.2, 0) is 14.3 Å². The predicted octanol–water partition coefficient (Wildman–Crippen LogP) is 0.971. The fourth-order valence-electron chi connectivity index (χ4n) is 1.63. The summed E-state index contributed by atoms with van der Waals surface area (Å²) in [7, 11) is 2.43. The Kier molecular flexibility index (Phi) is 6.35. The van der Waals surface area contributed by atoms with Crippen LogP contribution < -0.4 is 5.32 Å². The molecule has 0 radical (unpaired) electrons. The molecule has 1 amide bonds. The van der Waals surface area contributed by atoms with E-state index in [-0.39, 0.29) is 35.7 Å². The number of benzene rings is 1. The first-order chi connectivity index (χ1) is 10.0. The van der Waals surface area contributed by atoms with E-state index < -0.39 is 11.9 Å². The molecule has 0 aliphatic carbocycles. The lowest BCUT2D eigenvalue weighted by atomic mass is 10.1. The van der Waals surface area contributed by atoms with E-state index in [0.717, 1.165) is 0 Å². The monoisotopic (exact) mass is 295 g/mol. The van der Waals surface area contributed by atoms with E-state index in [9.17, 15) is 14.4 Å². The average molecular weight is 295 g/mol. The molecule has 7 nitrogen and oxygen atoms in total. The molecule has 1 aromatic carbocycles. The second-order valence-corrected chi connectivity index (χ2v) is 4.16. The van der Waals surface area contributed by atoms with Crippen LogP contribution >= 0.6 is 0 Å². The van der Waals surface area contributed by atoms with Crippen LogP contribution in [0.4, 0.5) is 5.69 Å². The number of hydrogen-bond donors (Lipinski definition) is 2. The van der Waals surface area contributed by atoms with Crippen LogP contribution in [0.3, 0.4) is 0 Å². The molecule has 0 heterocycles. The van der Waals surface area contributed by atoms with Crippen molar-refractivity contribution in [3.05, 3.63) is 29.3 Å². The first kappa shape index (κ1) is 16.6. The Bertz CT molecular complexity index is 506. The van der Waals surface area contributed by atoms with Crippen LogP contribution in [-0.4, -0.2) is 43.8 Å². The van der Waals surface area contributed by atoms with Crippen molar-refractivity contribution >= 4 is 23.5 Å². The Hall–Kier alpha value is -2.41. The average Bonchev–Trinajstić information content (AvgIpc) is 2.50. The van der Waals surface area contributed by atoms with Gasteiger partial charge in [-0.05, 0) is 24.6 Å². The van der Waals surface area contributed by atoms with Gasteiger partial charge in [0.05, 0.1) is 25.3 Å². The molecule has 0 aliphatic rings. The zero-order valence-electron chi connectivity index (χ0n) is 11.8. The number of amides is 1. The van der Waals surface area contributed by atoms with Gasteiger partial charge in [0.15, 0.2) is 0 Å². The molecule has 0 bridgehead atoms. The van der Waals surface area contributed by atoms with Gasteiger partial charge in [-0.15, -0.1) is 0 Å². The molecule has 1 rings (SSSR count). The summed E-state index contributed by atoms with van der Waals surface area (Å²) in [5, 5.41) is 11.2. The lowest BCUT2D eigenvalue weighted by molar-refractivity contribution is -0.116. The fourth-order valence-corrected chi connectivity index (χ4v) is 1.63. The van der Waals surface area contributed by atoms with Crippen molar-refractivity contribution < 1.29 is 29.0 Å². The molecule has 1 aromatic rings. The summed E-state index contributed by atoms with van der Waals surface area (Å²) in [6.07, 6.45) is 0.457. The van der Waals surface area contributed by atoms with Crippen LogP contribution in [0.1, 0.15) is 33.6 Å². The number of nitrogens with one attached hydrogen (secondary N) is 1. The number of carbonyl (C=O) groups excluding carboxylic acids is 3. The van der Waals surface area contributed by atoms with E-state index in [0.29, 0.717) is 6.42 Å². The van der Waals surface area contributed by atoms with Crippen LogP contribution in [0.5, 0.6) is 0 Å². The van der Waals surface area contributed by atoms with E-state index in [4.69, 9.17) is 5.11 Å². The van der Waals surface area contributed by atoms with Gasteiger partial charge in [-0.2, -0.15) is 0 Å². The highest BCUT2D eigenvalue weighted by atomic mass is 16.5. The zero-order chi connectivity index (χ0) is 15.8. The smallest absolute Gasteiger partial charge is 0.337 e. The minimum absolute atomic E-state index is 0.0942. The molecule has 114 valence electrons. The maximum atomic E-state index is 11.6. The van der Waals surface area contributed by atoms with E-state index in [1.165, 1.54) is 32.4 Å². The highest BCUT2D eigenvalue weighted by molar-refractivity contribution is 5.99. The van der Waals surface area contributed by atoms with Gasteiger partial charge < -0.3 is 19.9 Å². The zero-order valence-corrected chi connectivity index (χ0v) is 11.8. The SMILES string of the molecule is COC(=O)c1cc(NC(=O)CCCO)cc(C(=O)OC)c1. The molecule has 0 spiro atoms. The second kappa shape index (κ2) is 8.01. The van der Waals surface area contributed by atoms with Crippen molar-refractivity contribution in [3.63, 3.8) is 0 Å². The van der Waals surface area contributed by atoms with Crippen molar-refractivity contribution in [2.24, 2.45) is 0 Å². The Morgan fingerprint density at radius 2 is 1.57 bits per heavy atom. The second-order valence-electron chi connectivity index (χ2n) is 4.16. The first-order valence-corrected chi connectivity index (χ1v) is 6.24. The Morgan fingerprint density at radius 3 is 2.00 bits per heavy atom. The predicted molar refractivity (Wildman–Crippen MR) is 74.1 cm³/mol. The highest BCUT2D eigenvalue weighted by Crippen LogP contribution is 2.17. The van der Waals surface area contributed by atoms with Crippen molar-refractivity contribution in [2.45, 2.75) is 12.8 Å². The first-order valence-electron chi connectivity index (χ1n) is 6.24. The van der Waals surface area contributed by atoms with Gasteiger partial charge in [0.2, 0.25) is 5.91 Å². The number of rotatable bonds is 6. The number of anilines is 1. The number of ether oxygens (including phenoxy) is 2. The molecular weight excluding hydrogens is 278 g/mol. The molecule has 7 heteroatoms. The van der Waals surface area contributed by atoms with E-state index in [2.05, 4.69) is 14.8 Å². The number of carbonyl (C=O) groups is 3. The highest BCUT2D eigenvalue weighted by Gasteiger charge is 2.14. The number of methoxy groups -OCH3 is 2. The lowest BCUT2D eigenvalue weighted by Gasteiger charge is -2.09. The van der Waals surface area contributed by atoms with Gasteiger partial charge in [-0.1, -0.05) is 0 Å². The topological polar surface area (TPSA) is 102 Å². The minimum atomic E-state index is -0.633. The molecule has 0 saturated heterocycles. The lowest BCUT2D eigenvalue weighted by Crippen LogP contribution is -2.14. The Morgan fingerprint density at radius 1 is 1.05 bits per heavy atom. The van der Waals surface area contributed by atoms with Gasteiger partial charge in [-0.3, -0.25) is 4.79 Å². The fraction of sp³-hybridized carbons (Fsp3) is 0.357. The standard InChI is InChI=1S/C14H17NO6/c1-20-13(18)9-6-10(14(19)21-2)8-11(7-9)15-12(17)4-3-5-16/h6-8,16H,3-5H2,1-2H3,(H,15,17). The van der Waals surface area contributed by atoms with Crippen molar-refractivity contribution in [1.29, 1.82) is 0 Å². The summed E-state index contributed by atoms with van der Waals surface area (Å²) in [6.45, 7) is -0.0942. The molecular formula is C14H17NO6. The van der Waals surface area contributed by atoms with E-state index in [1.807, 2.05) is 0 Å². The summed E-state index contributed by atoms with van der Waals surface area (Å²) in [6, 6.07) is 4.12. The van der Waals surface area contributed by atoms with Gasteiger partial charge >= 0.3 is 11.9 Å². The van der Waals surface area contributed by atoms with Gasteiger partial charge in [0.1, 0.15) is 0 Å². The normalized spacial score (nSPS) is 9.86. The summed E-state index contributed by atoms with van der Waals surface area (Å²) in [5.41, 5.74) is 0.525. The number of hydrogen-bond acceptors (Lipinski definition) is 6. The van der Waals surface area contributed by atoms with Gasteiger partial charge in [0, 0.05) is 18.7 Å². The van der Waals surface area contributed by atoms with E-state index in [1.54, 1.807) is 0 Å². The summed E-state index contributed by atoms with van der Waals surface area (Å²) in [5.74, 6) is -1.60. The summed E-state index contributed by atoms with van der Waals surface area (Å²) >= 11 is 0. The molecule has 0 fully saturated rings. The van der Waals surface area contributed by atoms with Crippen LogP contribution in [0.2, 0.25) is 0 Å². The number of esters is 2. The maximum Gasteiger partial charge on any atom is 0.337 e. The maximum absolute atomic E-state index is 11.6. The Balaban J connectivity index is 3.04. The van der Waals surface area contributed by atoms with Gasteiger partial charge in [0.25, 0.3) is 0 Å². The third-order valence-electron chi connectivity index (χ3n) is 2.62. The molecule has 0 unspecified atom stereocenters. The van der Waals surface area contributed by atoms with Crippen LogP contribution in [0.15, 0.2) is 18.2 Å². The minimum Gasteiger partial charge on any atom is -0.465 e. The van der Waals surface area contributed by atoms with Crippen LogP contribution in [0, 0.1) is 0 Å². The molecule has 0 aliphatic heterocycles. The molecule has 0 atom stereocenters.